The van der Waals surface area contributed by atoms with E-state index in [4.69, 9.17) is 4.74 Å². The first kappa shape index (κ1) is 19.5. The first-order chi connectivity index (χ1) is 14.6. The number of nitrogens with zero attached hydrogens (tertiary/aromatic N) is 2. The molecule has 5 heteroatoms. The van der Waals surface area contributed by atoms with Crippen molar-refractivity contribution in [1.29, 1.82) is 0 Å². The van der Waals surface area contributed by atoms with E-state index in [2.05, 4.69) is 22.5 Å². The molecule has 5 nitrogen and oxygen atoms in total. The van der Waals surface area contributed by atoms with Crippen molar-refractivity contribution in [2.45, 2.75) is 20.4 Å². The summed E-state index contributed by atoms with van der Waals surface area (Å²) in [7, 11) is 0. The normalized spacial score (nSPS) is 10.6. The van der Waals surface area contributed by atoms with E-state index in [-0.39, 0.29) is 5.91 Å². The maximum atomic E-state index is 12.9. The first-order valence-electron chi connectivity index (χ1n) is 9.82. The van der Waals surface area contributed by atoms with Gasteiger partial charge in [0.15, 0.2) is 0 Å². The lowest BCUT2D eigenvalue weighted by molar-refractivity contribution is 0.102. The molecule has 0 spiro atoms. The zero-order chi connectivity index (χ0) is 20.9. The smallest absolute Gasteiger partial charge is 0.255 e. The molecule has 1 amide bonds. The van der Waals surface area contributed by atoms with Crippen molar-refractivity contribution >= 4 is 11.6 Å². The number of ether oxygens (including phenoxy) is 1. The minimum atomic E-state index is -0.195. The molecule has 30 heavy (non-hydrogen) atoms. The Morgan fingerprint density at radius 2 is 1.57 bits per heavy atom. The van der Waals surface area contributed by atoms with Crippen LogP contribution in [0, 0.1) is 13.8 Å². The zero-order valence-corrected chi connectivity index (χ0v) is 17.0. The van der Waals surface area contributed by atoms with Gasteiger partial charge in [-0.1, -0.05) is 54.6 Å². The van der Waals surface area contributed by atoms with E-state index in [9.17, 15) is 4.79 Å². The number of aryl methyl sites for hydroxylation is 1. The summed E-state index contributed by atoms with van der Waals surface area (Å²) in [6.45, 7) is 4.52. The fourth-order valence-electron chi connectivity index (χ4n) is 3.30. The van der Waals surface area contributed by atoms with Crippen LogP contribution in [0.15, 0.2) is 84.9 Å². The minimum Gasteiger partial charge on any atom is -0.457 e. The zero-order valence-electron chi connectivity index (χ0n) is 17.0. The molecule has 0 fully saturated rings. The van der Waals surface area contributed by atoms with Gasteiger partial charge in [0.1, 0.15) is 11.5 Å². The number of carbonyl (C=O) groups is 1. The average Bonchev–Trinajstić information content (AvgIpc) is 3.02. The Bertz CT molecular complexity index is 1150. The summed E-state index contributed by atoms with van der Waals surface area (Å²) in [4.78, 5) is 12.9. The fourth-order valence-corrected chi connectivity index (χ4v) is 3.30. The van der Waals surface area contributed by atoms with E-state index in [0.717, 1.165) is 28.4 Å². The van der Waals surface area contributed by atoms with Crippen LogP contribution in [-0.2, 0) is 6.54 Å². The number of benzene rings is 3. The molecule has 0 radical (unpaired) electrons. The quantitative estimate of drug-likeness (QED) is 0.461. The maximum Gasteiger partial charge on any atom is 0.255 e. The van der Waals surface area contributed by atoms with Crippen molar-refractivity contribution in [2.24, 2.45) is 0 Å². The molecule has 0 atom stereocenters. The standard InChI is InChI=1S/C25H23N3O2/c1-18-24(19(2)28(27-18)17-20-10-5-3-6-11-20)26-25(29)21-12-9-15-23(16-21)30-22-13-7-4-8-14-22/h3-16H,17H2,1-2H3,(H,26,29). The second-order valence-electron chi connectivity index (χ2n) is 7.09. The van der Waals surface area contributed by atoms with Gasteiger partial charge in [0, 0.05) is 5.56 Å². The highest BCUT2D eigenvalue weighted by atomic mass is 16.5. The van der Waals surface area contributed by atoms with Crippen LogP contribution in [0.25, 0.3) is 0 Å². The fraction of sp³-hybridized carbons (Fsp3) is 0.120. The molecule has 1 heterocycles. The summed E-state index contributed by atoms with van der Waals surface area (Å²) in [6, 6.07) is 26.8. The lowest BCUT2D eigenvalue weighted by Gasteiger charge is -2.09. The summed E-state index contributed by atoms with van der Waals surface area (Å²) >= 11 is 0. The van der Waals surface area contributed by atoms with Gasteiger partial charge < -0.3 is 10.1 Å². The van der Waals surface area contributed by atoms with Crippen molar-refractivity contribution in [2.75, 3.05) is 5.32 Å². The maximum absolute atomic E-state index is 12.9. The molecular weight excluding hydrogens is 374 g/mol. The lowest BCUT2D eigenvalue weighted by atomic mass is 10.2. The predicted octanol–water partition coefficient (Wildman–Crippen LogP) is 5.59. The second-order valence-corrected chi connectivity index (χ2v) is 7.09. The van der Waals surface area contributed by atoms with Gasteiger partial charge in [0.25, 0.3) is 5.91 Å². The highest BCUT2D eigenvalue weighted by Gasteiger charge is 2.16. The van der Waals surface area contributed by atoms with Gasteiger partial charge in [0.05, 0.1) is 23.6 Å². The molecule has 4 rings (SSSR count). The number of aromatic nitrogens is 2. The first-order valence-corrected chi connectivity index (χ1v) is 9.82. The third kappa shape index (κ3) is 4.41. The van der Waals surface area contributed by atoms with Crippen molar-refractivity contribution in [1.82, 2.24) is 9.78 Å². The van der Waals surface area contributed by atoms with Crippen LogP contribution in [0.3, 0.4) is 0 Å². The van der Waals surface area contributed by atoms with E-state index in [1.807, 2.05) is 79.2 Å². The SMILES string of the molecule is Cc1nn(Cc2ccccc2)c(C)c1NC(=O)c1cccc(Oc2ccccc2)c1. The molecule has 0 bridgehead atoms. The van der Waals surface area contributed by atoms with Gasteiger partial charge in [-0.2, -0.15) is 5.10 Å². The molecule has 0 saturated carbocycles. The number of hydrogen-bond donors (Lipinski definition) is 1. The molecule has 0 unspecified atom stereocenters. The number of amides is 1. The molecule has 3 aromatic carbocycles. The molecule has 0 aliphatic carbocycles. The Morgan fingerprint density at radius 1 is 0.900 bits per heavy atom. The van der Waals surface area contributed by atoms with E-state index in [1.54, 1.807) is 12.1 Å². The summed E-state index contributed by atoms with van der Waals surface area (Å²) < 4.78 is 7.75. The highest BCUT2D eigenvalue weighted by molar-refractivity contribution is 6.05. The van der Waals surface area contributed by atoms with E-state index < -0.39 is 0 Å². The Balaban J connectivity index is 1.51. The highest BCUT2D eigenvalue weighted by Crippen LogP contribution is 2.24. The molecule has 150 valence electrons. The van der Waals surface area contributed by atoms with E-state index >= 15 is 0 Å². The number of anilines is 1. The van der Waals surface area contributed by atoms with Crippen molar-refractivity contribution < 1.29 is 9.53 Å². The topological polar surface area (TPSA) is 56.2 Å². The van der Waals surface area contributed by atoms with Crippen LogP contribution in [0.1, 0.15) is 27.3 Å². The number of hydrogen-bond acceptors (Lipinski definition) is 3. The van der Waals surface area contributed by atoms with Crippen molar-refractivity contribution in [3.05, 3.63) is 107 Å². The third-order valence-electron chi connectivity index (χ3n) is 4.87. The number of para-hydroxylation sites is 1. The Labute approximate surface area is 175 Å². The predicted molar refractivity (Wildman–Crippen MR) is 118 cm³/mol. The number of nitrogens with one attached hydrogen (secondary N) is 1. The van der Waals surface area contributed by atoms with Crippen molar-refractivity contribution in [3.63, 3.8) is 0 Å². The van der Waals surface area contributed by atoms with Gasteiger partial charge in [-0.3, -0.25) is 9.48 Å². The molecule has 4 aromatic rings. The van der Waals surface area contributed by atoms with Crippen LogP contribution >= 0.6 is 0 Å². The van der Waals surface area contributed by atoms with Crippen molar-refractivity contribution in [3.8, 4) is 11.5 Å². The second kappa shape index (κ2) is 8.66. The molecular formula is C25H23N3O2. The van der Waals surface area contributed by atoms with Gasteiger partial charge >= 0.3 is 0 Å². The third-order valence-corrected chi connectivity index (χ3v) is 4.87. The molecule has 0 aliphatic rings. The van der Waals surface area contributed by atoms with Gasteiger partial charge in [-0.05, 0) is 49.7 Å². The van der Waals surface area contributed by atoms with Gasteiger partial charge in [-0.15, -0.1) is 0 Å². The number of carbonyl (C=O) groups excluding carboxylic acids is 1. The van der Waals surface area contributed by atoms with E-state index in [0.29, 0.717) is 17.9 Å². The van der Waals surface area contributed by atoms with Gasteiger partial charge in [-0.25, -0.2) is 0 Å². The van der Waals surface area contributed by atoms with Crippen LogP contribution in [0.2, 0.25) is 0 Å². The number of rotatable bonds is 6. The Kier molecular flexibility index (Phi) is 5.61. The molecule has 0 aliphatic heterocycles. The average molecular weight is 397 g/mol. The minimum absolute atomic E-state index is 0.195. The summed E-state index contributed by atoms with van der Waals surface area (Å²) in [5, 5.41) is 7.62. The van der Waals surface area contributed by atoms with Crippen LogP contribution in [0.4, 0.5) is 5.69 Å². The molecule has 0 saturated heterocycles. The largest absolute Gasteiger partial charge is 0.457 e. The molecule has 1 aromatic heterocycles. The summed E-state index contributed by atoms with van der Waals surface area (Å²) in [5.41, 5.74) is 4.13. The molecule has 1 N–H and O–H groups in total. The van der Waals surface area contributed by atoms with Crippen LogP contribution < -0.4 is 10.1 Å². The lowest BCUT2D eigenvalue weighted by Crippen LogP contribution is -2.13. The summed E-state index contributed by atoms with van der Waals surface area (Å²) in [6.07, 6.45) is 0. The van der Waals surface area contributed by atoms with Gasteiger partial charge in [0.2, 0.25) is 0 Å². The summed E-state index contributed by atoms with van der Waals surface area (Å²) in [5.74, 6) is 1.14. The van der Waals surface area contributed by atoms with Crippen LogP contribution in [-0.4, -0.2) is 15.7 Å². The van der Waals surface area contributed by atoms with Crippen LogP contribution in [0.5, 0.6) is 11.5 Å². The van der Waals surface area contributed by atoms with E-state index in [1.165, 1.54) is 0 Å². The monoisotopic (exact) mass is 397 g/mol. The Morgan fingerprint density at radius 3 is 2.30 bits per heavy atom. The Hall–Kier alpha value is -3.86.